The summed E-state index contributed by atoms with van der Waals surface area (Å²) in [5.41, 5.74) is 2.26. The van der Waals surface area contributed by atoms with Crippen molar-refractivity contribution in [1.29, 1.82) is 0 Å². The SMILES string of the molecule is CCCC(C)Cc1cn2ccccc2n1. The van der Waals surface area contributed by atoms with Gasteiger partial charge in [-0.15, -0.1) is 0 Å². The molecule has 0 aliphatic heterocycles. The van der Waals surface area contributed by atoms with Crippen molar-refractivity contribution in [3.8, 4) is 0 Å². The Kier molecular flexibility index (Phi) is 3.05. The molecule has 0 aromatic carbocycles. The van der Waals surface area contributed by atoms with Crippen LogP contribution in [0.25, 0.3) is 5.65 Å². The van der Waals surface area contributed by atoms with Crippen LogP contribution in [-0.2, 0) is 6.42 Å². The summed E-state index contributed by atoms with van der Waals surface area (Å²) in [6.07, 6.45) is 7.83. The molecule has 0 aliphatic rings. The molecule has 2 aromatic heterocycles. The van der Waals surface area contributed by atoms with Gasteiger partial charge in [-0.05, 0) is 24.5 Å². The van der Waals surface area contributed by atoms with Crippen LogP contribution in [-0.4, -0.2) is 9.38 Å². The van der Waals surface area contributed by atoms with Crippen molar-refractivity contribution in [2.45, 2.75) is 33.1 Å². The second-order valence-electron chi connectivity index (χ2n) is 4.30. The van der Waals surface area contributed by atoms with Crippen LogP contribution in [0, 0.1) is 5.92 Å². The molecule has 1 unspecified atom stereocenters. The Morgan fingerprint density at radius 3 is 3.00 bits per heavy atom. The van der Waals surface area contributed by atoms with E-state index in [0.29, 0.717) is 0 Å². The first-order valence-electron chi connectivity index (χ1n) is 5.72. The fourth-order valence-corrected chi connectivity index (χ4v) is 2.04. The predicted molar refractivity (Wildman–Crippen MR) is 63.0 cm³/mol. The largest absolute Gasteiger partial charge is 0.307 e. The Bertz CT molecular complexity index is 398. The summed E-state index contributed by atoms with van der Waals surface area (Å²) < 4.78 is 2.09. The molecule has 2 nitrogen and oxygen atoms in total. The Morgan fingerprint density at radius 1 is 1.40 bits per heavy atom. The minimum absolute atomic E-state index is 0.736. The van der Waals surface area contributed by atoms with Crippen LogP contribution < -0.4 is 0 Å². The number of hydrogen-bond donors (Lipinski definition) is 0. The van der Waals surface area contributed by atoms with E-state index in [2.05, 4.69) is 35.6 Å². The fraction of sp³-hybridized carbons (Fsp3) is 0.462. The van der Waals surface area contributed by atoms with Crippen molar-refractivity contribution in [2.75, 3.05) is 0 Å². The van der Waals surface area contributed by atoms with Crippen LogP contribution in [0.2, 0.25) is 0 Å². The lowest BCUT2D eigenvalue weighted by atomic mass is 10.0. The zero-order valence-electron chi connectivity index (χ0n) is 9.48. The summed E-state index contributed by atoms with van der Waals surface area (Å²) in [4.78, 5) is 4.60. The van der Waals surface area contributed by atoms with Gasteiger partial charge in [-0.25, -0.2) is 4.98 Å². The molecule has 2 heteroatoms. The van der Waals surface area contributed by atoms with Gasteiger partial charge in [0.05, 0.1) is 5.69 Å². The summed E-state index contributed by atoms with van der Waals surface area (Å²) >= 11 is 0. The van der Waals surface area contributed by atoms with Crippen LogP contribution >= 0.6 is 0 Å². The van der Waals surface area contributed by atoms with Gasteiger partial charge < -0.3 is 4.40 Å². The van der Waals surface area contributed by atoms with Crippen molar-refractivity contribution in [2.24, 2.45) is 5.92 Å². The molecule has 0 spiro atoms. The van der Waals surface area contributed by atoms with Crippen LogP contribution in [0.1, 0.15) is 32.4 Å². The van der Waals surface area contributed by atoms with Crippen molar-refractivity contribution in [1.82, 2.24) is 9.38 Å². The zero-order valence-corrected chi connectivity index (χ0v) is 9.48. The molecule has 0 N–H and O–H groups in total. The lowest BCUT2D eigenvalue weighted by Crippen LogP contribution is -1.99. The molecule has 1 atom stereocenters. The van der Waals surface area contributed by atoms with E-state index in [1.807, 2.05) is 18.2 Å². The third-order valence-electron chi connectivity index (χ3n) is 2.75. The smallest absolute Gasteiger partial charge is 0.136 e. The second kappa shape index (κ2) is 4.47. The minimum Gasteiger partial charge on any atom is -0.307 e. The molecule has 2 rings (SSSR count). The number of pyridine rings is 1. The molecular formula is C13H18N2. The van der Waals surface area contributed by atoms with Crippen LogP contribution in [0.4, 0.5) is 0 Å². The fourth-order valence-electron chi connectivity index (χ4n) is 2.04. The van der Waals surface area contributed by atoms with E-state index < -0.39 is 0 Å². The lowest BCUT2D eigenvalue weighted by molar-refractivity contribution is 0.518. The highest BCUT2D eigenvalue weighted by molar-refractivity contribution is 5.39. The molecule has 80 valence electrons. The molecule has 0 radical (unpaired) electrons. The van der Waals surface area contributed by atoms with Crippen molar-refractivity contribution in [3.63, 3.8) is 0 Å². The van der Waals surface area contributed by atoms with E-state index in [-0.39, 0.29) is 0 Å². The topological polar surface area (TPSA) is 17.3 Å². The van der Waals surface area contributed by atoms with Gasteiger partial charge in [-0.3, -0.25) is 0 Å². The average Bonchev–Trinajstić information content (AvgIpc) is 2.59. The Labute approximate surface area is 91.0 Å². The van der Waals surface area contributed by atoms with E-state index in [1.165, 1.54) is 18.5 Å². The predicted octanol–water partition coefficient (Wildman–Crippen LogP) is 3.31. The van der Waals surface area contributed by atoms with E-state index in [1.54, 1.807) is 0 Å². The van der Waals surface area contributed by atoms with Gasteiger partial charge in [-0.1, -0.05) is 32.8 Å². The molecule has 0 bridgehead atoms. The Hall–Kier alpha value is -1.31. The van der Waals surface area contributed by atoms with Gasteiger partial charge in [0.2, 0.25) is 0 Å². The third-order valence-corrected chi connectivity index (χ3v) is 2.75. The van der Waals surface area contributed by atoms with Gasteiger partial charge in [0, 0.05) is 12.4 Å². The molecule has 2 heterocycles. The van der Waals surface area contributed by atoms with Crippen molar-refractivity contribution >= 4 is 5.65 Å². The molecule has 0 fully saturated rings. The minimum atomic E-state index is 0.736. The van der Waals surface area contributed by atoms with Gasteiger partial charge in [-0.2, -0.15) is 0 Å². The summed E-state index contributed by atoms with van der Waals surface area (Å²) in [5, 5.41) is 0. The number of hydrogen-bond acceptors (Lipinski definition) is 1. The molecule has 15 heavy (non-hydrogen) atoms. The first-order valence-corrected chi connectivity index (χ1v) is 5.72. The molecule has 2 aromatic rings. The summed E-state index contributed by atoms with van der Waals surface area (Å²) in [5.74, 6) is 0.736. The molecule has 0 saturated carbocycles. The summed E-state index contributed by atoms with van der Waals surface area (Å²) in [6, 6.07) is 6.11. The molecule has 0 saturated heterocycles. The maximum absolute atomic E-state index is 4.60. The number of rotatable bonds is 4. The highest BCUT2D eigenvalue weighted by Crippen LogP contribution is 2.13. The van der Waals surface area contributed by atoms with Gasteiger partial charge in [0.1, 0.15) is 5.65 Å². The quantitative estimate of drug-likeness (QED) is 0.743. The van der Waals surface area contributed by atoms with Gasteiger partial charge in [0.15, 0.2) is 0 Å². The van der Waals surface area contributed by atoms with Crippen LogP contribution in [0.5, 0.6) is 0 Å². The van der Waals surface area contributed by atoms with Gasteiger partial charge in [0.25, 0.3) is 0 Å². The first-order chi connectivity index (χ1) is 7.29. The van der Waals surface area contributed by atoms with Crippen LogP contribution in [0.15, 0.2) is 30.6 Å². The van der Waals surface area contributed by atoms with Crippen molar-refractivity contribution in [3.05, 3.63) is 36.3 Å². The third kappa shape index (κ3) is 2.38. The number of imidazole rings is 1. The van der Waals surface area contributed by atoms with E-state index in [0.717, 1.165) is 18.0 Å². The molecular weight excluding hydrogens is 184 g/mol. The van der Waals surface area contributed by atoms with E-state index in [4.69, 9.17) is 0 Å². The maximum Gasteiger partial charge on any atom is 0.136 e. The number of fused-ring (bicyclic) bond motifs is 1. The number of nitrogens with zero attached hydrogens (tertiary/aromatic N) is 2. The summed E-state index contributed by atoms with van der Waals surface area (Å²) in [7, 11) is 0. The van der Waals surface area contributed by atoms with Crippen molar-refractivity contribution < 1.29 is 0 Å². The van der Waals surface area contributed by atoms with E-state index >= 15 is 0 Å². The lowest BCUT2D eigenvalue weighted by Gasteiger charge is -2.06. The Balaban J connectivity index is 2.15. The number of aromatic nitrogens is 2. The van der Waals surface area contributed by atoms with Gasteiger partial charge >= 0.3 is 0 Å². The first kappa shape index (κ1) is 10.2. The standard InChI is InChI=1S/C13H18N2/c1-3-6-11(2)9-12-10-15-8-5-4-7-13(15)14-12/h4-5,7-8,10-11H,3,6,9H2,1-2H3. The highest BCUT2D eigenvalue weighted by atomic mass is 15.0. The highest BCUT2D eigenvalue weighted by Gasteiger charge is 2.06. The second-order valence-corrected chi connectivity index (χ2v) is 4.30. The summed E-state index contributed by atoms with van der Waals surface area (Å²) in [6.45, 7) is 4.54. The molecule has 0 amide bonds. The maximum atomic E-state index is 4.60. The zero-order chi connectivity index (χ0) is 10.7. The van der Waals surface area contributed by atoms with Crippen LogP contribution in [0.3, 0.4) is 0 Å². The normalized spacial score (nSPS) is 13.2. The Morgan fingerprint density at radius 2 is 2.27 bits per heavy atom. The average molecular weight is 202 g/mol. The van der Waals surface area contributed by atoms with E-state index in [9.17, 15) is 0 Å². The molecule has 0 aliphatic carbocycles. The monoisotopic (exact) mass is 202 g/mol.